The third-order valence-electron chi connectivity index (χ3n) is 2.47. The number of anilines is 1. The lowest BCUT2D eigenvalue weighted by Gasteiger charge is -2.22. The minimum absolute atomic E-state index is 0.0186. The van der Waals surface area contributed by atoms with Crippen LogP contribution in [0.2, 0.25) is 0 Å². The molecule has 1 aliphatic heterocycles. The molecule has 0 aliphatic carbocycles. The lowest BCUT2D eigenvalue weighted by molar-refractivity contribution is -0.112. The monoisotopic (exact) mass is 241 g/mol. The van der Waals surface area contributed by atoms with Crippen LogP contribution in [0.1, 0.15) is 6.92 Å². The highest BCUT2D eigenvalue weighted by Gasteiger charge is 2.36. The van der Waals surface area contributed by atoms with Gasteiger partial charge in [0, 0.05) is 6.07 Å². The molecule has 5 nitrogen and oxygen atoms in total. The molecule has 1 unspecified atom stereocenters. The van der Waals surface area contributed by atoms with Crippen molar-refractivity contribution in [1.29, 1.82) is 0 Å². The summed E-state index contributed by atoms with van der Waals surface area (Å²) in [4.78, 5) is 11.5. The van der Waals surface area contributed by atoms with Gasteiger partial charge in [0.2, 0.25) is 9.84 Å². The SMILES string of the molecule is COc1ccc2c(c1)S(=O)(=O)C(=O)C(C)N2. The van der Waals surface area contributed by atoms with E-state index in [0.29, 0.717) is 11.4 Å². The molecule has 0 spiro atoms. The standard InChI is InChI=1S/C10H11NO4S/c1-6-10(12)16(13,14)9-5-7(15-2)3-4-8(9)11-6/h3-6,11H,1-2H3. The molecule has 0 amide bonds. The number of rotatable bonds is 1. The summed E-state index contributed by atoms with van der Waals surface area (Å²) in [6.45, 7) is 1.52. The second kappa shape index (κ2) is 3.48. The Morgan fingerprint density at radius 3 is 2.69 bits per heavy atom. The number of hydrogen-bond donors (Lipinski definition) is 1. The molecular weight excluding hydrogens is 230 g/mol. The van der Waals surface area contributed by atoms with Crippen LogP contribution in [0.5, 0.6) is 5.75 Å². The van der Waals surface area contributed by atoms with Crippen molar-refractivity contribution in [2.75, 3.05) is 12.4 Å². The summed E-state index contributed by atoms with van der Waals surface area (Å²) < 4.78 is 28.6. The smallest absolute Gasteiger partial charge is 0.272 e. The Morgan fingerprint density at radius 2 is 2.06 bits per heavy atom. The zero-order valence-corrected chi connectivity index (χ0v) is 9.67. The number of fused-ring (bicyclic) bond motifs is 1. The highest BCUT2D eigenvalue weighted by Crippen LogP contribution is 2.32. The Bertz CT molecular complexity index is 550. The minimum Gasteiger partial charge on any atom is -0.497 e. The number of methoxy groups -OCH3 is 1. The fourth-order valence-corrected chi connectivity index (χ4v) is 3.03. The zero-order valence-electron chi connectivity index (χ0n) is 8.85. The molecule has 1 heterocycles. The highest BCUT2D eigenvalue weighted by molar-refractivity contribution is 8.06. The first-order valence-corrected chi connectivity index (χ1v) is 6.18. The molecule has 0 fully saturated rings. The van der Waals surface area contributed by atoms with E-state index < -0.39 is 21.0 Å². The molecule has 1 atom stereocenters. The average molecular weight is 241 g/mol. The summed E-state index contributed by atoms with van der Waals surface area (Å²) in [7, 11) is -2.44. The summed E-state index contributed by atoms with van der Waals surface area (Å²) in [6, 6.07) is 3.87. The van der Waals surface area contributed by atoms with Crippen LogP contribution in [0.15, 0.2) is 23.1 Å². The molecular formula is C10H11NO4S. The van der Waals surface area contributed by atoms with Gasteiger partial charge in [-0.25, -0.2) is 8.42 Å². The Morgan fingerprint density at radius 1 is 1.38 bits per heavy atom. The molecule has 86 valence electrons. The predicted octanol–water partition coefficient (Wildman–Crippen LogP) is 0.809. The fourth-order valence-electron chi connectivity index (χ4n) is 1.60. The Labute approximate surface area is 93.3 Å². The van der Waals surface area contributed by atoms with Crippen LogP contribution in [0, 0.1) is 0 Å². The summed E-state index contributed by atoms with van der Waals surface area (Å²) in [5.41, 5.74) is 0.438. The van der Waals surface area contributed by atoms with Crippen LogP contribution < -0.4 is 10.1 Å². The predicted molar refractivity (Wildman–Crippen MR) is 58.3 cm³/mol. The van der Waals surface area contributed by atoms with Crippen LogP contribution in [-0.2, 0) is 14.6 Å². The number of ether oxygens (including phenoxy) is 1. The third-order valence-corrected chi connectivity index (χ3v) is 4.27. The Hall–Kier alpha value is -1.56. The van der Waals surface area contributed by atoms with Gasteiger partial charge in [-0.1, -0.05) is 0 Å². The number of nitrogens with one attached hydrogen (secondary N) is 1. The number of carbonyl (C=O) groups excluding carboxylic acids is 1. The summed E-state index contributed by atoms with van der Waals surface area (Å²) in [5.74, 6) is 0.409. The molecule has 0 saturated heterocycles. The quantitative estimate of drug-likeness (QED) is 0.787. The molecule has 1 N–H and O–H groups in total. The molecule has 1 aromatic carbocycles. The van der Waals surface area contributed by atoms with Crippen molar-refractivity contribution in [3.63, 3.8) is 0 Å². The average Bonchev–Trinajstić information content (AvgIpc) is 2.26. The van der Waals surface area contributed by atoms with E-state index in [1.165, 1.54) is 20.1 Å². The maximum absolute atomic E-state index is 11.8. The van der Waals surface area contributed by atoms with Crippen LogP contribution in [-0.4, -0.2) is 26.7 Å². The molecule has 0 saturated carbocycles. The fraction of sp³-hybridized carbons (Fsp3) is 0.300. The van der Waals surface area contributed by atoms with E-state index in [9.17, 15) is 13.2 Å². The van der Waals surface area contributed by atoms with E-state index >= 15 is 0 Å². The number of hydrogen-bond acceptors (Lipinski definition) is 5. The van der Waals surface area contributed by atoms with Gasteiger partial charge >= 0.3 is 0 Å². The summed E-state index contributed by atoms with van der Waals surface area (Å²) in [6.07, 6.45) is 0. The van der Waals surface area contributed by atoms with Gasteiger partial charge in [-0.2, -0.15) is 0 Å². The van der Waals surface area contributed by atoms with Crippen molar-refractivity contribution in [3.8, 4) is 5.75 Å². The van der Waals surface area contributed by atoms with Gasteiger partial charge in [-0.15, -0.1) is 0 Å². The molecule has 16 heavy (non-hydrogen) atoms. The van der Waals surface area contributed by atoms with Gasteiger partial charge in [0.05, 0.1) is 18.8 Å². The molecule has 0 bridgehead atoms. The number of carbonyl (C=O) groups is 1. The van der Waals surface area contributed by atoms with Gasteiger partial charge in [-0.05, 0) is 19.1 Å². The van der Waals surface area contributed by atoms with Crippen molar-refractivity contribution in [2.24, 2.45) is 0 Å². The first-order valence-electron chi connectivity index (χ1n) is 4.70. The second-order valence-corrected chi connectivity index (χ2v) is 5.40. The van der Waals surface area contributed by atoms with Gasteiger partial charge in [0.1, 0.15) is 10.6 Å². The summed E-state index contributed by atoms with van der Waals surface area (Å²) >= 11 is 0. The highest BCUT2D eigenvalue weighted by atomic mass is 32.2. The number of benzene rings is 1. The van der Waals surface area contributed by atoms with E-state index in [-0.39, 0.29) is 4.90 Å². The third kappa shape index (κ3) is 1.46. The molecule has 6 heteroatoms. The Balaban J connectivity index is 2.67. The molecule has 0 aromatic heterocycles. The number of sulfone groups is 1. The zero-order chi connectivity index (χ0) is 11.9. The van der Waals surface area contributed by atoms with E-state index in [1.54, 1.807) is 12.1 Å². The van der Waals surface area contributed by atoms with E-state index in [2.05, 4.69) is 5.32 Å². The lowest BCUT2D eigenvalue weighted by Crippen LogP contribution is -2.37. The molecule has 2 rings (SSSR count). The Kier molecular flexibility index (Phi) is 2.38. The molecule has 0 radical (unpaired) electrons. The topological polar surface area (TPSA) is 72.5 Å². The van der Waals surface area contributed by atoms with Crippen LogP contribution >= 0.6 is 0 Å². The van der Waals surface area contributed by atoms with E-state index in [4.69, 9.17) is 4.74 Å². The van der Waals surface area contributed by atoms with Gasteiger partial charge in [-0.3, -0.25) is 4.79 Å². The minimum atomic E-state index is -3.88. The molecule has 1 aliphatic rings. The first-order chi connectivity index (χ1) is 7.46. The molecule has 1 aromatic rings. The lowest BCUT2D eigenvalue weighted by atomic mass is 10.2. The maximum Gasteiger partial charge on any atom is 0.272 e. The van der Waals surface area contributed by atoms with Crippen molar-refractivity contribution in [3.05, 3.63) is 18.2 Å². The first kappa shape index (κ1) is 10.9. The van der Waals surface area contributed by atoms with Crippen molar-refractivity contribution < 1.29 is 17.9 Å². The second-order valence-electron chi connectivity index (χ2n) is 3.55. The maximum atomic E-state index is 11.8. The van der Waals surface area contributed by atoms with Crippen molar-refractivity contribution in [1.82, 2.24) is 0 Å². The van der Waals surface area contributed by atoms with Crippen molar-refractivity contribution in [2.45, 2.75) is 17.9 Å². The summed E-state index contributed by atoms with van der Waals surface area (Å²) in [5, 5.41) is 2.02. The van der Waals surface area contributed by atoms with Gasteiger partial charge < -0.3 is 10.1 Å². The normalized spacial score (nSPS) is 22.1. The van der Waals surface area contributed by atoms with Crippen molar-refractivity contribution >= 4 is 20.6 Å². The van der Waals surface area contributed by atoms with Crippen LogP contribution in [0.4, 0.5) is 5.69 Å². The van der Waals surface area contributed by atoms with Crippen LogP contribution in [0.3, 0.4) is 0 Å². The van der Waals surface area contributed by atoms with E-state index in [0.717, 1.165) is 0 Å². The van der Waals surface area contributed by atoms with Gasteiger partial charge in [0.25, 0.3) is 5.12 Å². The van der Waals surface area contributed by atoms with Gasteiger partial charge in [0.15, 0.2) is 0 Å². The van der Waals surface area contributed by atoms with E-state index in [1.807, 2.05) is 0 Å². The van der Waals surface area contributed by atoms with Crippen LogP contribution in [0.25, 0.3) is 0 Å². The largest absolute Gasteiger partial charge is 0.497 e.